The first-order chi connectivity index (χ1) is 10.7. The Morgan fingerprint density at radius 3 is 3.00 bits per heavy atom. The number of hydrogen-bond acceptors (Lipinski definition) is 5. The quantitative estimate of drug-likeness (QED) is 0.872. The number of hydrogen-bond donors (Lipinski definition) is 0. The van der Waals surface area contributed by atoms with Gasteiger partial charge in [0.05, 0.1) is 25.0 Å². The van der Waals surface area contributed by atoms with Gasteiger partial charge in [0.15, 0.2) is 0 Å². The van der Waals surface area contributed by atoms with Gasteiger partial charge in [-0.1, -0.05) is 12.1 Å². The molecule has 3 rings (SSSR count). The third-order valence-corrected chi connectivity index (χ3v) is 3.76. The summed E-state index contributed by atoms with van der Waals surface area (Å²) in [5.41, 5.74) is 1.93. The van der Waals surface area contributed by atoms with Crippen LogP contribution in [-0.4, -0.2) is 31.3 Å². The Bertz CT molecular complexity index is 708. The van der Waals surface area contributed by atoms with Crippen LogP contribution in [-0.2, 0) is 6.42 Å². The smallest absolute Gasteiger partial charge is 0.264 e. The van der Waals surface area contributed by atoms with Gasteiger partial charge in [0.25, 0.3) is 5.91 Å². The lowest BCUT2D eigenvalue weighted by atomic mass is 10.1. The molecule has 1 aromatic heterocycles. The SMILES string of the molecule is CCc1noc(C)c1C(=O)N1CCOc2ccc(OC)cc21. The van der Waals surface area contributed by atoms with Crippen LogP contribution in [0, 0.1) is 6.92 Å². The normalized spacial score (nSPS) is 13.5. The predicted octanol–water partition coefficient (Wildman–Crippen LogP) is 2.59. The van der Waals surface area contributed by atoms with Crippen molar-refractivity contribution in [3.05, 3.63) is 35.2 Å². The maximum Gasteiger partial charge on any atom is 0.264 e. The molecule has 116 valence electrons. The molecule has 0 bridgehead atoms. The van der Waals surface area contributed by atoms with Crippen LogP contribution in [0.2, 0.25) is 0 Å². The third kappa shape index (κ3) is 2.30. The first-order valence-electron chi connectivity index (χ1n) is 7.23. The summed E-state index contributed by atoms with van der Waals surface area (Å²) >= 11 is 0. The first kappa shape index (κ1) is 14.4. The lowest BCUT2D eigenvalue weighted by Crippen LogP contribution is -2.38. The van der Waals surface area contributed by atoms with Crippen molar-refractivity contribution in [1.29, 1.82) is 0 Å². The topological polar surface area (TPSA) is 64.8 Å². The van der Waals surface area contributed by atoms with Crippen LogP contribution >= 0.6 is 0 Å². The zero-order valence-corrected chi connectivity index (χ0v) is 12.9. The van der Waals surface area contributed by atoms with Crippen LogP contribution in [0.1, 0.15) is 28.7 Å². The average molecular weight is 302 g/mol. The summed E-state index contributed by atoms with van der Waals surface area (Å²) in [6.45, 7) is 4.64. The number of carbonyl (C=O) groups is 1. The lowest BCUT2D eigenvalue weighted by Gasteiger charge is -2.29. The number of methoxy groups -OCH3 is 1. The molecule has 22 heavy (non-hydrogen) atoms. The molecule has 0 saturated heterocycles. The summed E-state index contributed by atoms with van der Waals surface area (Å²) < 4.78 is 16.0. The number of aryl methyl sites for hydroxylation is 2. The number of rotatable bonds is 3. The van der Waals surface area contributed by atoms with E-state index < -0.39 is 0 Å². The van der Waals surface area contributed by atoms with Gasteiger partial charge in [-0.15, -0.1) is 0 Å². The van der Waals surface area contributed by atoms with Gasteiger partial charge in [0.2, 0.25) is 0 Å². The highest BCUT2D eigenvalue weighted by Crippen LogP contribution is 2.36. The molecule has 0 radical (unpaired) electrons. The fourth-order valence-electron chi connectivity index (χ4n) is 2.60. The summed E-state index contributed by atoms with van der Waals surface area (Å²) in [5, 5.41) is 3.96. The van der Waals surface area contributed by atoms with E-state index in [4.69, 9.17) is 14.0 Å². The molecule has 1 aliphatic rings. The second kappa shape index (κ2) is 5.71. The number of amides is 1. The maximum atomic E-state index is 13.0. The van der Waals surface area contributed by atoms with Gasteiger partial charge >= 0.3 is 0 Å². The third-order valence-electron chi connectivity index (χ3n) is 3.76. The van der Waals surface area contributed by atoms with E-state index >= 15 is 0 Å². The molecule has 1 amide bonds. The maximum absolute atomic E-state index is 13.0. The van der Waals surface area contributed by atoms with Gasteiger partial charge in [-0.25, -0.2) is 0 Å². The van der Waals surface area contributed by atoms with Crippen molar-refractivity contribution in [2.45, 2.75) is 20.3 Å². The van der Waals surface area contributed by atoms with Crippen molar-refractivity contribution < 1.29 is 18.8 Å². The van der Waals surface area contributed by atoms with Gasteiger partial charge in [-0.05, 0) is 25.5 Å². The van der Waals surface area contributed by atoms with E-state index in [1.165, 1.54) is 0 Å². The molecule has 0 fully saturated rings. The summed E-state index contributed by atoms with van der Waals surface area (Å²) in [6, 6.07) is 5.44. The molecule has 1 aliphatic heterocycles. The number of aromatic nitrogens is 1. The fraction of sp³-hybridized carbons (Fsp3) is 0.375. The Labute approximate surface area is 128 Å². The number of ether oxygens (including phenoxy) is 2. The van der Waals surface area contributed by atoms with Gasteiger partial charge in [-0.3, -0.25) is 4.79 Å². The Hall–Kier alpha value is -2.50. The average Bonchev–Trinajstić information content (AvgIpc) is 2.93. The minimum Gasteiger partial charge on any atom is -0.497 e. The van der Waals surface area contributed by atoms with E-state index in [1.807, 2.05) is 19.1 Å². The van der Waals surface area contributed by atoms with E-state index in [2.05, 4.69) is 5.16 Å². The molecule has 6 nitrogen and oxygen atoms in total. The summed E-state index contributed by atoms with van der Waals surface area (Å²) in [5.74, 6) is 1.78. The van der Waals surface area contributed by atoms with Crippen molar-refractivity contribution in [3.8, 4) is 11.5 Å². The lowest BCUT2D eigenvalue weighted by molar-refractivity contribution is 0.0974. The molecule has 6 heteroatoms. The van der Waals surface area contributed by atoms with Gasteiger partial charge in [0, 0.05) is 6.07 Å². The number of fused-ring (bicyclic) bond motifs is 1. The Morgan fingerprint density at radius 2 is 2.27 bits per heavy atom. The van der Waals surface area contributed by atoms with E-state index in [9.17, 15) is 4.79 Å². The monoisotopic (exact) mass is 302 g/mol. The Kier molecular flexibility index (Phi) is 3.75. The highest BCUT2D eigenvalue weighted by Gasteiger charge is 2.29. The van der Waals surface area contributed by atoms with E-state index in [0.717, 1.165) is 0 Å². The number of anilines is 1. The molecule has 0 N–H and O–H groups in total. The summed E-state index contributed by atoms with van der Waals surface area (Å²) in [4.78, 5) is 14.6. The second-order valence-corrected chi connectivity index (χ2v) is 5.05. The van der Waals surface area contributed by atoms with Crippen LogP contribution in [0.25, 0.3) is 0 Å². The highest BCUT2D eigenvalue weighted by molar-refractivity contribution is 6.08. The highest BCUT2D eigenvalue weighted by atomic mass is 16.5. The van der Waals surface area contributed by atoms with Crippen molar-refractivity contribution in [3.63, 3.8) is 0 Å². The molecule has 1 aromatic carbocycles. The minimum absolute atomic E-state index is 0.117. The molecule has 0 atom stereocenters. The number of benzene rings is 1. The minimum atomic E-state index is -0.117. The Balaban J connectivity index is 2.03. The molecule has 0 aliphatic carbocycles. The van der Waals surface area contributed by atoms with Crippen LogP contribution in [0.5, 0.6) is 11.5 Å². The molecule has 0 unspecified atom stereocenters. The largest absolute Gasteiger partial charge is 0.497 e. The molecule has 0 spiro atoms. The fourth-order valence-corrected chi connectivity index (χ4v) is 2.60. The summed E-state index contributed by atoms with van der Waals surface area (Å²) in [6.07, 6.45) is 0.647. The zero-order valence-electron chi connectivity index (χ0n) is 12.9. The predicted molar refractivity (Wildman–Crippen MR) is 80.8 cm³/mol. The van der Waals surface area contributed by atoms with Crippen LogP contribution in [0.15, 0.2) is 22.7 Å². The molecular weight excluding hydrogens is 284 g/mol. The second-order valence-electron chi connectivity index (χ2n) is 5.05. The van der Waals surface area contributed by atoms with Crippen LogP contribution in [0.3, 0.4) is 0 Å². The van der Waals surface area contributed by atoms with Gasteiger partial charge in [0.1, 0.15) is 29.4 Å². The zero-order chi connectivity index (χ0) is 15.7. The van der Waals surface area contributed by atoms with Crippen molar-refractivity contribution in [1.82, 2.24) is 5.16 Å². The Morgan fingerprint density at radius 1 is 1.45 bits per heavy atom. The van der Waals surface area contributed by atoms with E-state index in [0.29, 0.717) is 53.8 Å². The van der Waals surface area contributed by atoms with Crippen LogP contribution < -0.4 is 14.4 Å². The van der Waals surface area contributed by atoms with Crippen LogP contribution in [0.4, 0.5) is 5.69 Å². The molecular formula is C16H18N2O4. The molecule has 2 heterocycles. The molecule has 0 saturated carbocycles. The van der Waals surface area contributed by atoms with E-state index in [-0.39, 0.29) is 5.91 Å². The standard InChI is InChI=1S/C16H18N2O4/c1-4-12-15(10(2)22-17-12)16(19)18-7-8-21-14-6-5-11(20-3)9-13(14)18/h5-6,9H,4,7-8H2,1-3H3. The first-order valence-corrected chi connectivity index (χ1v) is 7.23. The van der Waals surface area contributed by atoms with E-state index in [1.54, 1.807) is 25.0 Å². The summed E-state index contributed by atoms with van der Waals surface area (Å²) in [7, 11) is 1.59. The van der Waals surface area contributed by atoms with Gasteiger partial charge < -0.3 is 18.9 Å². The van der Waals surface area contributed by atoms with Crippen molar-refractivity contribution in [2.24, 2.45) is 0 Å². The van der Waals surface area contributed by atoms with Crippen molar-refractivity contribution in [2.75, 3.05) is 25.2 Å². The van der Waals surface area contributed by atoms with Crippen molar-refractivity contribution >= 4 is 11.6 Å². The van der Waals surface area contributed by atoms with Gasteiger partial charge in [-0.2, -0.15) is 0 Å². The molecule has 2 aromatic rings. The number of carbonyl (C=O) groups excluding carboxylic acids is 1. The number of nitrogens with zero attached hydrogens (tertiary/aromatic N) is 2.